The van der Waals surface area contributed by atoms with E-state index in [4.69, 9.17) is 5.73 Å². The number of nitrogen functional groups attached to an aromatic ring is 1. The molecule has 0 aliphatic rings. The SMILES string of the molecule is CC(Nc1c(N)cnc2ccccc12)c1ccc(Br)cc1. The molecule has 3 N–H and O–H groups in total. The van der Waals surface area contributed by atoms with Crippen LogP contribution in [-0.4, -0.2) is 4.98 Å². The Morgan fingerprint density at radius 1 is 1.10 bits per heavy atom. The van der Waals surface area contributed by atoms with E-state index in [1.54, 1.807) is 6.20 Å². The van der Waals surface area contributed by atoms with Gasteiger partial charge in [-0.2, -0.15) is 0 Å². The molecule has 3 rings (SSSR count). The smallest absolute Gasteiger partial charge is 0.0743 e. The lowest BCUT2D eigenvalue weighted by molar-refractivity contribution is 0.886. The van der Waals surface area contributed by atoms with Gasteiger partial charge in [-0.1, -0.05) is 46.3 Å². The number of nitrogens with one attached hydrogen (secondary N) is 1. The van der Waals surface area contributed by atoms with E-state index < -0.39 is 0 Å². The van der Waals surface area contributed by atoms with Gasteiger partial charge < -0.3 is 11.1 Å². The molecule has 0 aliphatic heterocycles. The van der Waals surface area contributed by atoms with E-state index in [-0.39, 0.29) is 6.04 Å². The summed E-state index contributed by atoms with van der Waals surface area (Å²) in [5.41, 5.74) is 9.86. The van der Waals surface area contributed by atoms with Crippen LogP contribution in [0.4, 0.5) is 11.4 Å². The van der Waals surface area contributed by atoms with Gasteiger partial charge in [0.1, 0.15) is 0 Å². The Balaban J connectivity index is 1.97. The zero-order valence-corrected chi connectivity index (χ0v) is 13.3. The van der Waals surface area contributed by atoms with Crippen LogP contribution in [0.5, 0.6) is 0 Å². The first kappa shape index (κ1) is 13.9. The zero-order valence-electron chi connectivity index (χ0n) is 11.7. The first-order chi connectivity index (χ1) is 10.1. The minimum atomic E-state index is 0.159. The van der Waals surface area contributed by atoms with Crippen molar-refractivity contribution < 1.29 is 0 Å². The minimum absolute atomic E-state index is 0.159. The molecule has 0 fully saturated rings. The number of anilines is 2. The standard InChI is InChI=1S/C17H16BrN3/c1-11(12-6-8-13(18)9-7-12)21-17-14-4-2-3-5-16(14)20-10-15(17)19/h2-11H,19H2,1H3,(H,20,21). The molecule has 1 atom stereocenters. The van der Waals surface area contributed by atoms with Crippen molar-refractivity contribution in [3.8, 4) is 0 Å². The molecule has 0 bridgehead atoms. The van der Waals surface area contributed by atoms with Gasteiger partial charge in [-0.15, -0.1) is 0 Å². The summed E-state index contributed by atoms with van der Waals surface area (Å²) in [6.07, 6.45) is 1.71. The van der Waals surface area contributed by atoms with Crippen molar-refractivity contribution in [1.29, 1.82) is 0 Å². The number of halogens is 1. The van der Waals surface area contributed by atoms with E-state index >= 15 is 0 Å². The summed E-state index contributed by atoms with van der Waals surface area (Å²) < 4.78 is 1.08. The van der Waals surface area contributed by atoms with E-state index in [1.807, 2.05) is 36.4 Å². The van der Waals surface area contributed by atoms with Crippen LogP contribution in [0.2, 0.25) is 0 Å². The van der Waals surface area contributed by atoms with Gasteiger partial charge in [-0.3, -0.25) is 4.98 Å². The lowest BCUT2D eigenvalue weighted by atomic mass is 10.1. The predicted molar refractivity (Wildman–Crippen MR) is 92.3 cm³/mol. The maximum atomic E-state index is 6.10. The van der Waals surface area contributed by atoms with Crippen LogP contribution in [0.3, 0.4) is 0 Å². The van der Waals surface area contributed by atoms with Gasteiger partial charge in [0, 0.05) is 15.9 Å². The van der Waals surface area contributed by atoms with Crippen molar-refractivity contribution in [3.63, 3.8) is 0 Å². The van der Waals surface area contributed by atoms with Crippen LogP contribution in [0, 0.1) is 0 Å². The number of nitrogens with zero attached hydrogens (tertiary/aromatic N) is 1. The fourth-order valence-electron chi connectivity index (χ4n) is 2.37. The number of fused-ring (bicyclic) bond motifs is 1. The first-order valence-corrected chi connectivity index (χ1v) is 7.59. The second-order valence-corrected chi connectivity index (χ2v) is 5.94. The summed E-state index contributed by atoms with van der Waals surface area (Å²) in [5, 5.41) is 4.55. The summed E-state index contributed by atoms with van der Waals surface area (Å²) >= 11 is 3.46. The number of aromatic nitrogens is 1. The van der Waals surface area contributed by atoms with Crippen LogP contribution in [0.15, 0.2) is 59.2 Å². The van der Waals surface area contributed by atoms with Crippen LogP contribution in [0.1, 0.15) is 18.5 Å². The van der Waals surface area contributed by atoms with Gasteiger partial charge in [0.25, 0.3) is 0 Å². The quantitative estimate of drug-likeness (QED) is 0.722. The molecule has 2 aromatic carbocycles. The summed E-state index contributed by atoms with van der Waals surface area (Å²) in [6, 6.07) is 16.4. The number of pyridine rings is 1. The average molecular weight is 342 g/mol. The number of hydrogen-bond donors (Lipinski definition) is 2. The van der Waals surface area contributed by atoms with E-state index in [2.05, 4.69) is 45.3 Å². The zero-order chi connectivity index (χ0) is 14.8. The molecule has 4 heteroatoms. The number of benzene rings is 2. The lowest BCUT2D eigenvalue weighted by Crippen LogP contribution is -2.09. The highest BCUT2D eigenvalue weighted by molar-refractivity contribution is 9.10. The maximum absolute atomic E-state index is 6.10. The molecular formula is C17H16BrN3. The molecule has 3 aromatic rings. The Hall–Kier alpha value is -2.07. The Morgan fingerprint density at radius 3 is 2.57 bits per heavy atom. The third-order valence-corrected chi connectivity index (χ3v) is 4.06. The molecule has 1 heterocycles. The molecule has 1 unspecified atom stereocenters. The van der Waals surface area contributed by atoms with Crippen LogP contribution in [0.25, 0.3) is 10.9 Å². The highest BCUT2D eigenvalue weighted by Gasteiger charge is 2.11. The molecule has 0 radical (unpaired) electrons. The van der Waals surface area contributed by atoms with E-state index in [0.717, 1.165) is 21.1 Å². The Bertz CT molecular complexity index is 769. The molecule has 0 aliphatic carbocycles. The van der Waals surface area contributed by atoms with Gasteiger partial charge in [-0.25, -0.2) is 0 Å². The number of rotatable bonds is 3. The van der Waals surface area contributed by atoms with E-state index in [1.165, 1.54) is 5.56 Å². The van der Waals surface area contributed by atoms with Crippen LogP contribution >= 0.6 is 15.9 Å². The van der Waals surface area contributed by atoms with Gasteiger partial charge >= 0.3 is 0 Å². The normalized spacial score (nSPS) is 12.3. The largest absolute Gasteiger partial charge is 0.396 e. The summed E-state index contributed by atoms with van der Waals surface area (Å²) in [7, 11) is 0. The molecule has 0 saturated carbocycles. The Kier molecular flexibility index (Phi) is 3.80. The fourth-order valence-corrected chi connectivity index (χ4v) is 2.63. The highest BCUT2D eigenvalue weighted by Crippen LogP contribution is 2.31. The monoisotopic (exact) mass is 341 g/mol. The van der Waals surface area contributed by atoms with Crippen molar-refractivity contribution in [2.45, 2.75) is 13.0 Å². The molecule has 21 heavy (non-hydrogen) atoms. The summed E-state index contributed by atoms with van der Waals surface area (Å²) in [6.45, 7) is 2.12. The topological polar surface area (TPSA) is 50.9 Å². The first-order valence-electron chi connectivity index (χ1n) is 6.80. The van der Waals surface area contributed by atoms with Gasteiger partial charge in [0.15, 0.2) is 0 Å². The number of para-hydroxylation sites is 1. The van der Waals surface area contributed by atoms with Crippen LogP contribution in [-0.2, 0) is 0 Å². The van der Waals surface area contributed by atoms with Crippen molar-refractivity contribution in [2.24, 2.45) is 0 Å². The Labute approximate surface area is 132 Å². The fraction of sp³-hybridized carbons (Fsp3) is 0.118. The molecular weight excluding hydrogens is 326 g/mol. The van der Waals surface area contributed by atoms with Crippen molar-refractivity contribution in [1.82, 2.24) is 4.98 Å². The van der Waals surface area contributed by atoms with E-state index in [0.29, 0.717) is 5.69 Å². The van der Waals surface area contributed by atoms with Crippen molar-refractivity contribution in [3.05, 3.63) is 64.8 Å². The summed E-state index contributed by atoms with van der Waals surface area (Å²) in [4.78, 5) is 4.36. The minimum Gasteiger partial charge on any atom is -0.396 e. The molecule has 0 saturated heterocycles. The maximum Gasteiger partial charge on any atom is 0.0743 e. The third-order valence-electron chi connectivity index (χ3n) is 3.54. The predicted octanol–water partition coefficient (Wildman–Crippen LogP) is 4.75. The second-order valence-electron chi connectivity index (χ2n) is 5.02. The van der Waals surface area contributed by atoms with E-state index in [9.17, 15) is 0 Å². The molecule has 0 amide bonds. The molecule has 3 nitrogen and oxygen atoms in total. The number of hydrogen-bond acceptors (Lipinski definition) is 3. The van der Waals surface area contributed by atoms with Gasteiger partial charge in [0.2, 0.25) is 0 Å². The number of nitrogens with two attached hydrogens (primary N) is 1. The van der Waals surface area contributed by atoms with Gasteiger partial charge in [-0.05, 0) is 30.7 Å². The van der Waals surface area contributed by atoms with Crippen LogP contribution < -0.4 is 11.1 Å². The van der Waals surface area contributed by atoms with Crippen molar-refractivity contribution in [2.75, 3.05) is 11.1 Å². The molecule has 106 valence electrons. The van der Waals surface area contributed by atoms with Crippen molar-refractivity contribution >= 4 is 38.2 Å². The second kappa shape index (κ2) is 5.74. The Morgan fingerprint density at radius 2 is 1.81 bits per heavy atom. The summed E-state index contributed by atoms with van der Waals surface area (Å²) in [5.74, 6) is 0. The lowest BCUT2D eigenvalue weighted by Gasteiger charge is -2.19. The average Bonchev–Trinajstić information content (AvgIpc) is 2.51. The van der Waals surface area contributed by atoms with Gasteiger partial charge in [0.05, 0.1) is 23.1 Å². The molecule has 1 aromatic heterocycles. The molecule has 0 spiro atoms. The highest BCUT2D eigenvalue weighted by atomic mass is 79.9. The third kappa shape index (κ3) is 2.85.